The molecule has 1 spiro atoms. The zero-order valence-electron chi connectivity index (χ0n) is 38.9. The largest absolute Gasteiger partial charge is 0.508 e. The molecular formula is C57H52N4O9. The van der Waals surface area contributed by atoms with E-state index in [1.807, 2.05) is 115 Å². The molecule has 0 bridgehead atoms. The zero-order chi connectivity index (χ0) is 48.7. The lowest BCUT2D eigenvalue weighted by atomic mass is 9.64. The number of ether oxygens (including phenoxy) is 3. The fourth-order valence-electron chi connectivity index (χ4n) is 11.2. The zero-order valence-corrected chi connectivity index (χ0v) is 38.9. The maximum absolute atomic E-state index is 16.7. The predicted octanol–water partition coefficient (Wildman–Crippen LogP) is 7.86. The number of carbonyl (C=O) groups is 4. The lowest BCUT2D eigenvalue weighted by Gasteiger charge is -2.46. The van der Waals surface area contributed by atoms with Gasteiger partial charge in [-0.1, -0.05) is 115 Å². The number of aliphatic hydroxyl groups excluding tert-OH is 1. The Morgan fingerprint density at radius 3 is 2.10 bits per heavy atom. The number of benzene rings is 6. The number of phenols is 1. The molecule has 13 heteroatoms. The first-order chi connectivity index (χ1) is 34.1. The van der Waals surface area contributed by atoms with Gasteiger partial charge < -0.3 is 34.6 Å². The van der Waals surface area contributed by atoms with Gasteiger partial charge in [-0.25, -0.2) is 9.69 Å². The van der Waals surface area contributed by atoms with E-state index in [0.29, 0.717) is 40.2 Å². The van der Waals surface area contributed by atoms with Gasteiger partial charge in [0.25, 0.3) is 0 Å². The Labute approximate surface area is 406 Å². The summed E-state index contributed by atoms with van der Waals surface area (Å²) in [6, 6.07) is 39.1. The molecular weight excluding hydrogens is 885 g/mol. The molecule has 6 aromatic rings. The summed E-state index contributed by atoms with van der Waals surface area (Å²) in [5, 5.41) is 23.6. The van der Waals surface area contributed by atoms with Crippen LogP contribution in [-0.2, 0) is 37.5 Å². The summed E-state index contributed by atoms with van der Waals surface area (Å²) in [6.45, 7) is 2.01. The number of nitrogens with zero attached hydrogens (tertiary/aromatic N) is 3. The molecule has 10 rings (SSSR count). The molecule has 3 N–H and O–H groups in total. The van der Waals surface area contributed by atoms with Gasteiger partial charge in [0.2, 0.25) is 11.8 Å². The molecule has 0 radical (unpaired) electrons. The van der Waals surface area contributed by atoms with E-state index in [1.54, 1.807) is 49.5 Å². The fourth-order valence-corrected chi connectivity index (χ4v) is 11.2. The summed E-state index contributed by atoms with van der Waals surface area (Å²) in [5.41, 5.74) is 3.54. The van der Waals surface area contributed by atoms with Crippen LogP contribution in [-0.4, -0.2) is 77.2 Å². The van der Waals surface area contributed by atoms with Gasteiger partial charge in [0, 0.05) is 25.1 Å². The summed E-state index contributed by atoms with van der Waals surface area (Å²) in [5.74, 6) is 3.72. The number of phenolic OH excluding ortho intramolecular Hbond substituents is 1. The molecule has 6 aromatic carbocycles. The van der Waals surface area contributed by atoms with Crippen LogP contribution in [0, 0.1) is 17.8 Å². The van der Waals surface area contributed by atoms with Gasteiger partial charge in [-0.3, -0.25) is 19.3 Å². The van der Waals surface area contributed by atoms with Gasteiger partial charge in [0.05, 0.1) is 50.6 Å². The van der Waals surface area contributed by atoms with Crippen LogP contribution < -0.4 is 19.7 Å². The number of fused-ring (bicyclic) bond motifs is 4. The van der Waals surface area contributed by atoms with Gasteiger partial charge in [0.1, 0.15) is 23.3 Å². The summed E-state index contributed by atoms with van der Waals surface area (Å²) in [7, 11) is 3.12. The molecule has 7 atom stereocenters. The highest BCUT2D eigenvalue weighted by atomic mass is 16.6. The average molecular weight is 937 g/mol. The van der Waals surface area contributed by atoms with Gasteiger partial charge in [-0.2, -0.15) is 0 Å². The van der Waals surface area contributed by atoms with E-state index >= 15 is 19.2 Å². The van der Waals surface area contributed by atoms with E-state index < -0.39 is 65.4 Å². The van der Waals surface area contributed by atoms with Gasteiger partial charge in [-0.05, 0) is 94.8 Å². The summed E-state index contributed by atoms with van der Waals surface area (Å²) in [4.78, 5) is 68.7. The molecule has 4 aliphatic heterocycles. The smallest absolute Gasteiger partial charge is 0.329 e. The number of hydrogen-bond donors (Lipinski definition) is 3. The van der Waals surface area contributed by atoms with Crippen LogP contribution in [0.4, 0.5) is 10.5 Å². The number of amides is 4. The first kappa shape index (κ1) is 45.8. The number of rotatable bonds is 9. The van der Waals surface area contributed by atoms with E-state index in [9.17, 15) is 10.2 Å². The van der Waals surface area contributed by atoms with Crippen LogP contribution in [0.15, 0.2) is 146 Å². The van der Waals surface area contributed by atoms with Crippen LogP contribution >= 0.6 is 0 Å². The van der Waals surface area contributed by atoms with Crippen LogP contribution in [0.25, 0.3) is 0 Å². The molecule has 4 aliphatic rings. The van der Waals surface area contributed by atoms with Crippen LogP contribution in [0.1, 0.15) is 82.1 Å². The molecule has 4 amide bonds. The minimum atomic E-state index is -2.02. The topological polar surface area (TPSA) is 158 Å². The molecule has 0 aliphatic carbocycles. The summed E-state index contributed by atoms with van der Waals surface area (Å²) in [6.07, 6.45) is -0.302. The lowest BCUT2D eigenvalue weighted by Crippen LogP contribution is -2.57. The third-order valence-corrected chi connectivity index (χ3v) is 14.3. The minimum absolute atomic E-state index is 0.0330. The van der Waals surface area contributed by atoms with E-state index in [-0.39, 0.29) is 37.6 Å². The molecule has 0 unspecified atom stereocenters. The van der Waals surface area contributed by atoms with Crippen molar-refractivity contribution in [1.82, 2.24) is 15.1 Å². The van der Waals surface area contributed by atoms with Crippen LogP contribution in [0.2, 0.25) is 0 Å². The first-order valence-corrected chi connectivity index (χ1v) is 23.4. The number of methoxy groups -OCH3 is 2. The highest BCUT2D eigenvalue weighted by Gasteiger charge is 2.76. The number of hydrogen-bond acceptors (Lipinski definition) is 10. The Kier molecular flexibility index (Phi) is 12.4. The van der Waals surface area contributed by atoms with Crippen molar-refractivity contribution in [1.29, 1.82) is 0 Å². The fraction of sp³-hybridized carbons (Fsp3) is 0.263. The van der Waals surface area contributed by atoms with Gasteiger partial charge in [-0.15, -0.1) is 0 Å². The number of nitrogens with one attached hydrogen (secondary N) is 1. The molecule has 0 saturated carbocycles. The van der Waals surface area contributed by atoms with Crippen molar-refractivity contribution in [3.63, 3.8) is 0 Å². The second kappa shape index (κ2) is 18.9. The van der Waals surface area contributed by atoms with Crippen molar-refractivity contribution in [3.05, 3.63) is 190 Å². The molecule has 354 valence electrons. The van der Waals surface area contributed by atoms with E-state index in [4.69, 9.17) is 14.2 Å². The predicted molar refractivity (Wildman–Crippen MR) is 261 cm³/mol. The molecule has 2 saturated heterocycles. The van der Waals surface area contributed by atoms with Crippen molar-refractivity contribution >= 4 is 29.5 Å². The molecule has 13 nitrogen and oxygen atoms in total. The SMILES string of the molecule is COc1cc2c(cc1OC)CN(C(=O)[C@@H]1[C@H]3C(=O)O[C@H](c4ccccc4)[C@H](c4ccccc4)N3[C@H](c3ccc(O)cc3)[C@@]13C(=O)N(C(=O)N[C@H](C)c1ccccc1)c1ccc(C#CCCO)cc13)CC2. The standard InChI is InChI=1S/C57H52N4O9/c1-35(37-16-7-4-8-17-37)58-56(67)60-45-27-22-36(15-13-14-30-62)31-44(45)57(55(60)66)48(53(64)59-29-28-41-32-46(68-2)47(69-3)33-42(41)34-59)50-54(65)70-51(39-20-11-6-12-21-39)49(38-18-9-5-10-19-38)61(50)52(57)40-23-25-43(63)26-24-40/h4-12,16-27,31-33,35,48-52,62-63H,14,28-30,34H2,1-3H3,(H,58,67)/t35-,48+,49+,50+,51-,52-,57+/m1/s1. The van der Waals surface area contributed by atoms with E-state index in [0.717, 1.165) is 27.2 Å². The summed E-state index contributed by atoms with van der Waals surface area (Å²) < 4.78 is 18.0. The highest BCUT2D eigenvalue weighted by Crippen LogP contribution is 2.66. The number of anilines is 1. The van der Waals surface area contributed by atoms with Crippen molar-refractivity contribution in [3.8, 4) is 29.1 Å². The minimum Gasteiger partial charge on any atom is -0.508 e. The number of imide groups is 1. The number of aliphatic hydroxyl groups is 1. The number of morpholine rings is 1. The molecule has 0 aromatic heterocycles. The Balaban J connectivity index is 1.25. The Bertz CT molecular complexity index is 3030. The number of aromatic hydroxyl groups is 1. The molecule has 4 heterocycles. The Morgan fingerprint density at radius 1 is 0.800 bits per heavy atom. The van der Waals surface area contributed by atoms with Crippen LogP contribution in [0.5, 0.6) is 17.2 Å². The second-order valence-corrected chi connectivity index (χ2v) is 18.1. The number of urea groups is 1. The van der Waals surface area contributed by atoms with E-state index in [2.05, 4.69) is 17.2 Å². The molecule has 2 fully saturated rings. The monoisotopic (exact) mass is 936 g/mol. The second-order valence-electron chi connectivity index (χ2n) is 18.1. The normalized spacial score (nSPS) is 22.8. The number of carbonyl (C=O) groups excluding carboxylic acids is 4. The summed E-state index contributed by atoms with van der Waals surface area (Å²) >= 11 is 0. The quantitative estimate of drug-likeness (QED) is 0.0963. The van der Waals surface area contributed by atoms with Crippen molar-refractivity contribution in [2.24, 2.45) is 5.92 Å². The van der Waals surface area contributed by atoms with Crippen LogP contribution in [0.3, 0.4) is 0 Å². The Hall–Kier alpha value is -7.92. The third-order valence-electron chi connectivity index (χ3n) is 14.3. The maximum Gasteiger partial charge on any atom is 0.329 e. The average Bonchev–Trinajstić information content (AvgIpc) is 3.85. The number of cyclic esters (lactones) is 1. The van der Waals surface area contributed by atoms with Crippen molar-refractivity contribution in [2.45, 2.75) is 62.0 Å². The van der Waals surface area contributed by atoms with Gasteiger partial charge >= 0.3 is 12.0 Å². The Morgan fingerprint density at radius 2 is 1.44 bits per heavy atom. The first-order valence-electron chi connectivity index (χ1n) is 23.4. The lowest BCUT2D eigenvalue weighted by molar-refractivity contribution is -0.179. The maximum atomic E-state index is 16.7. The molecule has 70 heavy (non-hydrogen) atoms. The highest BCUT2D eigenvalue weighted by molar-refractivity contribution is 6.24. The number of esters is 1. The van der Waals surface area contributed by atoms with Crippen molar-refractivity contribution in [2.75, 3.05) is 32.3 Å². The van der Waals surface area contributed by atoms with Crippen molar-refractivity contribution < 1.29 is 43.6 Å². The van der Waals surface area contributed by atoms with E-state index in [1.165, 1.54) is 12.1 Å². The third kappa shape index (κ3) is 7.70. The van der Waals surface area contributed by atoms with Gasteiger partial charge in [0.15, 0.2) is 11.5 Å².